The van der Waals surface area contributed by atoms with Crippen molar-refractivity contribution in [2.45, 2.75) is 26.2 Å². The van der Waals surface area contributed by atoms with E-state index < -0.39 is 6.48 Å². The van der Waals surface area contributed by atoms with Crippen molar-refractivity contribution in [3.63, 3.8) is 0 Å². The van der Waals surface area contributed by atoms with E-state index >= 15 is 0 Å². The van der Waals surface area contributed by atoms with Crippen molar-refractivity contribution in [3.8, 4) is 5.75 Å². The number of ketones is 1. The van der Waals surface area contributed by atoms with Crippen LogP contribution in [-0.2, 0) is 9.47 Å². The molecule has 0 saturated heterocycles. The van der Waals surface area contributed by atoms with Crippen LogP contribution in [0.1, 0.15) is 30.1 Å². The summed E-state index contributed by atoms with van der Waals surface area (Å²) in [5.74, 6) is 0.550. The SMILES string of the molecule is CCCC(=O)c1ccccc1OC(OC)OC. The summed E-state index contributed by atoms with van der Waals surface area (Å²) in [7, 11) is 2.95. The molecule has 4 heteroatoms. The molecule has 0 N–H and O–H groups in total. The third kappa shape index (κ3) is 3.84. The lowest BCUT2D eigenvalue weighted by Crippen LogP contribution is -2.21. The monoisotopic (exact) mass is 238 g/mol. The molecular weight excluding hydrogens is 220 g/mol. The molecule has 0 radical (unpaired) electrons. The molecule has 0 heterocycles. The van der Waals surface area contributed by atoms with Crippen LogP contribution in [0.15, 0.2) is 24.3 Å². The molecule has 0 saturated carbocycles. The smallest absolute Gasteiger partial charge is 0.315 e. The Bertz CT molecular complexity index is 358. The number of para-hydroxylation sites is 1. The molecule has 0 aromatic heterocycles. The van der Waals surface area contributed by atoms with Crippen molar-refractivity contribution >= 4 is 5.78 Å². The highest BCUT2D eigenvalue weighted by Gasteiger charge is 2.14. The Balaban J connectivity index is 2.87. The number of methoxy groups -OCH3 is 2. The van der Waals surface area contributed by atoms with Crippen molar-refractivity contribution < 1.29 is 19.0 Å². The lowest BCUT2D eigenvalue weighted by Gasteiger charge is -2.17. The maximum absolute atomic E-state index is 11.9. The minimum absolute atomic E-state index is 0.0639. The minimum atomic E-state index is -0.800. The number of hydrogen-bond donors (Lipinski definition) is 0. The summed E-state index contributed by atoms with van der Waals surface area (Å²) in [6.07, 6.45) is 1.32. The van der Waals surface area contributed by atoms with E-state index in [2.05, 4.69) is 0 Å². The van der Waals surface area contributed by atoms with Gasteiger partial charge in [0.2, 0.25) is 0 Å². The Labute approximate surface area is 101 Å². The number of carbonyl (C=O) groups excluding carboxylic acids is 1. The Morgan fingerprint density at radius 3 is 2.47 bits per heavy atom. The van der Waals surface area contributed by atoms with E-state index in [1.165, 1.54) is 14.2 Å². The molecule has 0 bridgehead atoms. The van der Waals surface area contributed by atoms with Gasteiger partial charge in [0.05, 0.1) is 5.56 Å². The van der Waals surface area contributed by atoms with Gasteiger partial charge in [-0.05, 0) is 18.6 Å². The lowest BCUT2D eigenvalue weighted by atomic mass is 10.1. The van der Waals surface area contributed by atoms with Gasteiger partial charge in [-0.25, -0.2) is 0 Å². The van der Waals surface area contributed by atoms with E-state index in [1.807, 2.05) is 13.0 Å². The standard InChI is InChI=1S/C13H18O4/c1-4-7-11(14)10-8-5-6-9-12(10)17-13(15-2)16-3/h5-6,8-9,13H,4,7H2,1-3H3. The van der Waals surface area contributed by atoms with Gasteiger partial charge >= 0.3 is 6.48 Å². The fourth-order valence-corrected chi connectivity index (χ4v) is 1.46. The van der Waals surface area contributed by atoms with Crippen molar-refractivity contribution in [2.24, 2.45) is 0 Å². The molecule has 0 unspecified atom stereocenters. The van der Waals surface area contributed by atoms with Crippen molar-refractivity contribution in [1.82, 2.24) is 0 Å². The molecule has 0 atom stereocenters. The second-order valence-electron chi connectivity index (χ2n) is 3.55. The second kappa shape index (κ2) is 7.04. The molecule has 1 aromatic carbocycles. The van der Waals surface area contributed by atoms with E-state index in [-0.39, 0.29) is 5.78 Å². The lowest BCUT2D eigenvalue weighted by molar-refractivity contribution is -0.219. The number of Topliss-reactive ketones (excluding diaryl/α,β-unsaturated/α-hetero) is 1. The Morgan fingerprint density at radius 1 is 1.24 bits per heavy atom. The normalized spacial score (nSPS) is 10.6. The first-order valence-electron chi connectivity index (χ1n) is 5.57. The predicted octanol–water partition coefficient (Wildman–Crippen LogP) is 2.62. The maximum atomic E-state index is 11.9. The van der Waals surface area contributed by atoms with Crippen LogP contribution in [0.25, 0.3) is 0 Å². The number of rotatable bonds is 7. The van der Waals surface area contributed by atoms with Crippen LogP contribution < -0.4 is 4.74 Å². The quantitative estimate of drug-likeness (QED) is 0.541. The first kappa shape index (κ1) is 13.7. The Hall–Kier alpha value is -1.39. The molecule has 0 aliphatic heterocycles. The Kier molecular flexibility index (Phi) is 5.66. The average molecular weight is 238 g/mol. The summed E-state index contributed by atoms with van der Waals surface area (Å²) in [5, 5.41) is 0. The highest BCUT2D eigenvalue weighted by atomic mass is 16.8. The summed E-state index contributed by atoms with van der Waals surface area (Å²) >= 11 is 0. The highest BCUT2D eigenvalue weighted by Crippen LogP contribution is 2.21. The topological polar surface area (TPSA) is 44.8 Å². The fourth-order valence-electron chi connectivity index (χ4n) is 1.46. The molecule has 0 fully saturated rings. The highest BCUT2D eigenvalue weighted by molar-refractivity contribution is 5.98. The van der Waals surface area contributed by atoms with Gasteiger partial charge in [0.15, 0.2) is 5.78 Å². The number of hydrogen-bond acceptors (Lipinski definition) is 4. The summed E-state index contributed by atoms with van der Waals surface area (Å²) in [6, 6.07) is 7.09. The molecular formula is C13H18O4. The number of carbonyl (C=O) groups is 1. The number of ether oxygens (including phenoxy) is 3. The summed E-state index contributed by atoms with van der Waals surface area (Å²) in [5.41, 5.74) is 0.563. The van der Waals surface area contributed by atoms with Gasteiger partial charge in [0.1, 0.15) is 5.75 Å². The van der Waals surface area contributed by atoms with Crippen LogP contribution in [-0.4, -0.2) is 26.5 Å². The van der Waals surface area contributed by atoms with E-state index in [0.29, 0.717) is 17.7 Å². The van der Waals surface area contributed by atoms with Crippen LogP contribution >= 0.6 is 0 Å². The van der Waals surface area contributed by atoms with Gasteiger partial charge in [-0.3, -0.25) is 4.79 Å². The first-order valence-corrected chi connectivity index (χ1v) is 5.57. The number of benzene rings is 1. The van der Waals surface area contributed by atoms with Crippen LogP contribution in [0.5, 0.6) is 5.75 Å². The third-order valence-corrected chi connectivity index (χ3v) is 2.27. The average Bonchev–Trinajstić information content (AvgIpc) is 2.36. The van der Waals surface area contributed by atoms with Gasteiger partial charge in [0.25, 0.3) is 0 Å². The minimum Gasteiger partial charge on any atom is -0.440 e. The van der Waals surface area contributed by atoms with E-state index in [1.54, 1.807) is 18.2 Å². The van der Waals surface area contributed by atoms with E-state index in [4.69, 9.17) is 14.2 Å². The van der Waals surface area contributed by atoms with E-state index in [9.17, 15) is 4.79 Å². The van der Waals surface area contributed by atoms with Crippen molar-refractivity contribution in [3.05, 3.63) is 29.8 Å². The molecule has 0 spiro atoms. The summed E-state index contributed by atoms with van der Waals surface area (Å²) in [6.45, 7) is 1.17. The van der Waals surface area contributed by atoms with Gasteiger partial charge in [-0.1, -0.05) is 19.1 Å². The Morgan fingerprint density at radius 2 is 1.88 bits per heavy atom. The molecule has 1 aromatic rings. The zero-order chi connectivity index (χ0) is 12.7. The third-order valence-electron chi connectivity index (χ3n) is 2.27. The molecule has 94 valence electrons. The van der Waals surface area contributed by atoms with Gasteiger partial charge in [-0.15, -0.1) is 0 Å². The summed E-state index contributed by atoms with van der Waals surface area (Å²) < 4.78 is 15.3. The zero-order valence-electron chi connectivity index (χ0n) is 10.4. The molecule has 17 heavy (non-hydrogen) atoms. The van der Waals surface area contributed by atoms with E-state index in [0.717, 1.165) is 6.42 Å². The van der Waals surface area contributed by atoms with Crippen molar-refractivity contribution in [1.29, 1.82) is 0 Å². The second-order valence-corrected chi connectivity index (χ2v) is 3.55. The molecule has 1 rings (SSSR count). The van der Waals surface area contributed by atoms with Crippen LogP contribution in [0.4, 0.5) is 0 Å². The first-order chi connectivity index (χ1) is 8.22. The van der Waals surface area contributed by atoms with Gasteiger partial charge < -0.3 is 14.2 Å². The van der Waals surface area contributed by atoms with Crippen LogP contribution in [0.2, 0.25) is 0 Å². The largest absolute Gasteiger partial charge is 0.440 e. The van der Waals surface area contributed by atoms with Gasteiger partial charge in [-0.2, -0.15) is 0 Å². The van der Waals surface area contributed by atoms with Gasteiger partial charge in [0, 0.05) is 20.6 Å². The molecule has 4 nitrogen and oxygen atoms in total. The van der Waals surface area contributed by atoms with Crippen LogP contribution in [0, 0.1) is 0 Å². The maximum Gasteiger partial charge on any atom is 0.315 e. The zero-order valence-corrected chi connectivity index (χ0v) is 10.4. The molecule has 0 amide bonds. The predicted molar refractivity (Wildman–Crippen MR) is 64.1 cm³/mol. The molecule has 0 aliphatic carbocycles. The molecule has 0 aliphatic rings. The fraction of sp³-hybridized carbons (Fsp3) is 0.462. The van der Waals surface area contributed by atoms with Crippen LogP contribution in [0.3, 0.4) is 0 Å². The summed E-state index contributed by atoms with van der Waals surface area (Å²) in [4.78, 5) is 11.9. The van der Waals surface area contributed by atoms with Crippen molar-refractivity contribution in [2.75, 3.05) is 14.2 Å².